The van der Waals surface area contributed by atoms with Crippen LogP contribution in [0.25, 0.3) is 0 Å². The first-order chi connectivity index (χ1) is 9.33. The van der Waals surface area contributed by atoms with Crippen LogP contribution in [0.3, 0.4) is 0 Å². The zero-order valence-corrected chi connectivity index (χ0v) is 12.6. The molecule has 1 saturated carbocycles. The molecule has 1 heterocycles. The van der Waals surface area contributed by atoms with Gasteiger partial charge in [-0.2, -0.15) is 0 Å². The lowest BCUT2D eigenvalue weighted by molar-refractivity contribution is 0.0183. The highest BCUT2D eigenvalue weighted by molar-refractivity contribution is 4.85. The minimum atomic E-state index is 0.459. The van der Waals surface area contributed by atoms with Gasteiger partial charge in [0.1, 0.15) is 0 Å². The Morgan fingerprint density at radius 2 is 2.05 bits per heavy atom. The van der Waals surface area contributed by atoms with Gasteiger partial charge in [-0.25, -0.2) is 0 Å². The largest absolute Gasteiger partial charge is 0.383 e. The molecule has 3 unspecified atom stereocenters. The van der Waals surface area contributed by atoms with Crippen LogP contribution in [0.5, 0.6) is 0 Å². The summed E-state index contributed by atoms with van der Waals surface area (Å²) >= 11 is 0. The molecule has 1 aliphatic heterocycles. The first-order valence-corrected chi connectivity index (χ1v) is 7.82. The molecule has 2 fully saturated rings. The van der Waals surface area contributed by atoms with Crippen LogP contribution in [0.4, 0.5) is 0 Å². The van der Waals surface area contributed by atoms with Gasteiger partial charge in [-0.05, 0) is 45.1 Å². The highest BCUT2D eigenvalue weighted by atomic mass is 16.5. The molecule has 3 atom stereocenters. The molecule has 1 saturated heterocycles. The Balaban J connectivity index is 1.87. The summed E-state index contributed by atoms with van der Waals surface area (Å²) in [6.07, 6.45) is 8.14. The Kier molecular flexibility index (Phi) is 6.57. The maximum absolute atomic E-state index is 5.57. The fourth-order valence-electron chi connectivity index (χ4n) is 3.49. The van der Waals surface area contributed by atoms with Crippen molar-refractivity contribution in [2.75, 3.05) is 40.5 Å². The van der Waals surface area contributed by atoms with E-state index >= 15 is 0 Å². The van der Waals surface area contributed by atoms with Gasteiger partial charge in [0.25, 0.3) is 0 Å². The minimum absolute atomic E-state index is 0.459. The monoisotopic (exact) mass is 270 g/mol. The van der Waals surface area contributed by atoms with E-state index in [-0.39, 0.29) is 0 Å². The van der Waals surface area contributed by atoms with Gasteiger partial charge in [-0.15, -0.1) is 0 Å². The van der Waals surface area contributed by atoms with Gasteiger partial charge in [0.05, 0.1) is 12.7 Å². The first kappa shape index (κ1) is 15.2. The molecule has 1 N–H and O–H groups in total. The number of hydrogen-bond acceptors (Lipinski definition) is 4. The van der Waals surface area contributed by atoms with Crippen LogP contribution >= 0.6 is 0 Å². The number of rotatable bonds is 7. The number of hydrogen-bond donors (Lipinski definition) is 1. The molecule has 0 aromatic heterocycles. The Bertz CT molecular complexity index is 244. The molecule has 0 spiro atoms. The zero-order valence-electron chi connectivity index (χ0n) is 12.6. The van der Waals surface area contributed by atoms with Crippen molar-refractivity contribution in [3.63, 3.8) is 0 Å². The van der Waals surface area contributed by atoms with E-state index in [0.29, 0.717) is 18.2 Å². The molecular weight excluding hydrogens is 240 g/mol. The summed E-state index contributed by atoms with van der Waals surface area (Å²) in [5.41, 5.74) is 0. The second-order valence-electron chi connectivity index (χ2n) is 5.96. The van der Waals surface area contributed by atoms with Gasteiger partial charge in [0, 0.05) is 39.4 Å². The van der Waals surface area contributed by atoms with E-state index < -0.39 is 0 Å². The third kappa shape index (κ3) is 4.71. The second-order valence-corrected chi connectivity index (χ2v) is 5.96. The fourth-order valence-corrected chi connectivity index (χ4v) is 3.49. The number of ether oxygens (including phenoxy) is 2. The van der Waals surface area contributed by atoms with Crippen molar-refractivity contribution in [3.05, 3.63) is 0 Å². The van der Waals surface area contributed by atoms with Gasteiger partial charge < -0.3 is 14.8 Å². The number of methoxy groups -OCH3 is 2. The molecule has 4 heteroatoms. The van der Waals surface area contributed by atoms with Crippen molar-refractivity contribution < 1.29 is 9.47 Å². The molecule has 1 aliphatic carbocycles. The van der Waals surface area contributed by atoms with Crippen LogP contribution in [0.1, 0.15) is 38.5 Å². The number of nitrogens with one attached hydrogen (secondary N) is 1. The normalized spacial score (nSPS) is 32.1. The quantitative estimate of drug-likeness (QED) is 0.762. The maximum Gasteiger partial charge on any atom is 0.0589 e. The van der Waals surface area contributed by atoms with Crippen LogP contribution in [0.2, 0.25) is 0 Å². The minimum Gasteiger partial charge on any atom is -0.383 e. The van der Waals surface area contributed by atoms with E-state index in [1.807, 2.05) is 7.11 Å². The molecule has 112 valence electrons. The molecule has 0 bridgehead atoms. The Morgan fingerprint density at radius 1 is 1.16 bits per heavy atom. The van der Waals surface area contributed by atoms with E-state index in [1.54, 1.807) is 7.11 Å². The van der Waals surface area contributed by atoms with Crippen LogP contribution < -0.4 is 5.32 Å². The van der Waals surface area contributed by atoms with Crippen LogP contribution in [0, 0.1) is 0 Å². The summed E-state index contributed by atoms with van der Waals surface area (Å²) in [7, 11) is 3.65. The number of nitrogens with zero attached hydrogens (tertiary/aromatic N) is 1. The van der Waals surface area contributed by atoms with E-state index in [1.165, 1.54) is 51.6 Å². The van der Waals surface area contributed by atoms with Crippen LogP contribution in [-0.2, 0) is 9.47 Å². The molecule has 4 nitrogen and oxygen atoms in total. The maximum atomic E-state index is 5.57. The molecule has 0 amide bonds. The van der Waals surface area contributed by atoms with Crippen molar-refractivity contribution in [1.82, 2.24) is 10.2 Å². The molecular formula is C15H30N2O2. The Labute approximate surface area is 117 Å². The molecule has 0 aromatic rings. The third-order valence-corrected chi connectivity index (χ3v) is 4.65. The predicted octanol–water partition coefficient (Wildman–Crippen LogP) is 1.64. The smallest absolute Gasteiger partial charge is 0.0589 e. The zero-order chi connectivity index (χ0) is 13.5. The van der Waals surface area contributed by atoms with E-state index in [2.05, 4.69) is 10.2 Å². The highest BCUT2D eigenvalue weighted by Gasteiger charge is 2.28. The van der Waals surface area contributed by atoms with Gasteiger partial charge in [-0.3, -0.25) is 4.90 Å². The fraction of sp³-hybridized carbons (Fsp3) is 1.00. The van der Waals surface area contributed by atoms with Crippen molar-refractivity contribution in [1.29, 1.82) is 0 Å². The third-order valence-electron chi connectivity index (χ3n) is 4.65. The summed E-state index contributed by atoms with van der Waals surface area (Å²) in [5.74, 6) is 0. The van der Waals surface area contributed by atoms with Crippen molar-refractivity contribution >= 4 is 0 Å². The summed E-state index contributed by atoms with van der Waals surface area (Å²) in [4.78, 5) is 2.64. The molecule has 0 radical (unpaired) electrons. The average Bonchev–Trinajstić information content (AvgIpc) is 2.96. The van der Waals surface area contributed by atoms with E-state index in [4.69, 9.17) is 9.47 Å². The summed E-state index contributed by atoms with van der Waals surface area (Å²) in [6, 6.07) is 1.36. The van der Waals surface area contributed by atoms with Crippen molar-refractivity contribution in [2.45, 2.75) is 56.7 Å². The average molecular weight is 270 g/mol. The standard InChI is InChI=1S/C15H30N2O2/c1-18-10-9-17(12-13-5-4-8-16-13)14-6-3-7-15(11-14)19-2/h13-16H,3-12H2,1-2H3. The molecule has 19 heavy (non-hydrogen) atoms. The van der Waals surface area contributed by atoms with Crippen molar-refractivity contribution in [3.8, 4) is 0 Å². The second kappa shape index (κ2) is 8.20. The van der Waals surface area contributed by atoms with E-state index in [9.17, 15) is 0 Å². The lowest BCUT2D eigenvalue weighted by atomic mass is 9.91. The van der Waals surface area contributed by atoms with Crippen LogP contribution in [0.15, 0.2) is 0 Å². The van der Waals surface area contributed by atoms with Crippen LogP contribution in [-0.4, -0.2) is 63.5 Å². The van der Waals surface area contributed by atoms with Gasteiger partial charge in [-0.1, -0.05) is 0 Å². The van der Waals surface area contributed by atoms with Gasteiger partial charge in [0.15, 0.2) is 0 Å². The first-order valence-electron chi connectivity index (χ1n) is 7.82. The Morgan fingerprint density at radius 3 is 2.74 bits per heavy atom. The van der Waals surface area contributed by atoms with Gasteiger partial charge >= 0.3 is 0 Å². The molecule has 2 aliphatic rings. The summed E-state index contributed by atoms with van der Waals surface area (Å²) < 4.78 is 10.9. The Hall–Kier alpha value is -0.160. The lowest BCUT2D eigenvalue weighted by Crippen LogP contribution is -2.47. The van der Waals surface area contributed by atoms with E-state index in [0.717, 1.165) is 13.2 Å². The van der Waals surface area contributed by atoms with Crippen molar-refractivity contribution in [2.24, 2.45) is 0 Å². The molecule has 2 rings (SSSR count). The highest BCUT2D eigenvalue weighted by Crippen LogP contribution is 2.25. The van der Waals surface area contributed by atoms with Gasteiger partial charge in [0.2, 0.25) is 0 Å². The SMILES string of the molecule is COCCN(CC1CCCN1)C1CCCC(OC)C1. The topological polar surface area (TPSA) is 33.7 Å². The molecule has 0 aromatic carbocycles. The lowest BCUT2D eigenvalue weighted by Gasteiger charge is -2.38. The predicted molar refractivity (Wildman–Crippen MR) is 77.5 cm³/mol. The summed E-state index contributed by atoms with van der Waals surface area (Å²) in [6.45, 7) is 4.25. The summed E-state index contributed by atoms with van der Waals surface area (Å²) in [5, 5.41) is 3.61.